The minimum atomic E-state index is -1.15. The number of hydrogen-bond acceptors (Lipinski definition) is 8. The zero-order chi connectivity index (χ0) is 28.7. The number of ether oxygens (including phenoxy) is 3. The van der Waals surface area contributed by atoms with Crippen LogP contribution in [0.3, 0.4) is 0 Å². The Morgan fingerprint density at radius 1 is 1.10 bits per heavy atom. The van der Waals surface area contributed by atoms with Gasteiger partial charge in [0, 0.05) is 71.4 Å². The Bertz CT molecular complexity index is 1000. The van der Waals surface area contributed by atoms with Crippen LogP contribution >= 0.6 is 0 Å². The fraction of sp³-hybridized carbons (Fsp3) is 0.742. The number of nitrogens with zero attached hydrogens (tertiary/aromatic N) is 2. The SMILES string of the molecule is CC1CC2CCC3(OOC(CCOC(=O)N(C)Cc4ccccc4)(CCC(=O)NCCN4CCOCC4)O3)C(C1)C2. The summed E-state index contributed by atoms with van der Waals surface area (Å²) in [5.74, 6) is -0.417. The van der Waals surface area contributed by atoms with Gasteiger partial charge in [0.05, 0.1) is 19.8 Å². The van der Waals surface area contributed by atoms with E-state index in [4.69, 9.17) is 24.0 Å². The van der Waals surface area contributed by atoms with Crippen LogP contribution in [0.5, 0.6) is 0 Å². The summed E-state index contributed by atoms with van der Waals surface area (Å²) in [7, 11) is 1.72. The molecular weight excluding hydrogens is 526 g/mol. The van der Waals surface area contributed by atoms with Gasteiger partial charge in [-0.1, -0.05) is 37.3 Å². The molecule has 1 N–H and O–H groups in total. The number of nitrogens with one attached hydrogen (secondary N) is 1. The first-order valence-corrected chi connectivity index (χ1v) is 15.4. The number of carbonyl (C=O) groups excluding carboxylic acids is 2. The minimum absolute atomic E-state index is 0.0552. The van der Waals surface area contributed by atoms with E-state index < -0.39 is 17.7 Å². The smallest absolute Gasteiger partial charge is 0.409 e. The average Bonchev–Trinajstić information content (AvgIpc) is 3.35. The van der Waals surface area contributed by atoms with E-state index in [2.05, 4.69) is 17.1 Å². The molecule has 2 heterocycles. The van der Waals surface area contributed by atoms with E-state index in [1.54, 1.807) is 11.9 Å². The molecule has 10 heteroatoms. The molecule has 1 aromatic rings. The minimum Gasteiger partial charge on any atom is -0.449 e. The summed E-state index contributed by atoms with van der Waals surface area (Å²) in [6.07, 6.45) is 5.61. The second kappa shape index (κ2) is 13.8. The number of rotatable bonds is 11. The molecule has 4 fully saturated rings. The first kappa shape index (κ1) is 30.2. The van der Waals surface area contributed by atoms with Crippen molar-refractivity contribution in [2.45, 2.75) is 76.4 Å². The molecule has 1 spiro atoms. The first-order valence-electron chi connectivity index (χ1n) is 15.4. The Morgan fingerprint density at radius 3 is 2.71 bits per heavy atom. The molecular formula is C31H47N3O7. The van der Waals surface area contributed by atoms with E-state index in [-0.39, 0.29) is 31.3 Å². The standard InChI is InChI=1S/C31H47N3O7/c1-24-20-26-8-11-31(27(21-24)22-26)39-30(40-41-31,10-9-28(35)32-13-14-34-15-18-37-19-16-34)12-17-38-29(36)33(2)23-25-6-4-3-5-7-25/h3-7,24,26-27H,8-23H2,1-2H3,(H,32,35). The maximum atomic E-state index is 12.8. The molecule has 0 radical (unpaired) electrons. The third-order valence-corrected chi connectivity index (χ3v) is 9.13. The van der Waals surface area contributed by atoms with Crippen molar-refractivity contribution in [3.8, 4) is 0 Å². The van der Waals surface area contributed by atoms with Crippen molar-refractivity contribution < 1.29 is 33.6 Å². The number of fused-ring (bicyclic) bond motifs is 3. The second-order valence-electron chi connectivity index (χ2n) is 12.4. The van der Waals surface area contributed by atoms with Gasteiger partial charge in [-0.05, 0) is 43.1 Å². The Labute approximate surface area is 243 Å². The molecule has 2 saturated heterocycles. The van der Waals surface area contributed by atoms with Gasteiger partial charge >= 0.3 is 6.09 Å². The van der Waals surface area contributed by atoms with Crippen molar-refractivity contribution in [1.82, 2.24) is 15.1 Å². The molecule has 5 unspecified atom stereocenters. The van der Waals surface area contributed by atoms with E-state index >= 15 is 0 Å². The number of morpholine rings is 1. The molecule has 10 nitrogen and oxygen atoms in total. The summed E-state index contributed by atoms with van der Waals surface area (Å²) in [5, 5.41) is 3.03. The lowest BCUT2D eigenvalue weighted by molar-refractivity contribution is -0.369. The predicted molar refractivity (Wildman–Crippen MR) is 151 cm³/mol. The van der Waals surface area contributed by atoms with E-state index in [1.807, 2.05) is 30.3 Å². The van der Waals surface area contributed by atoms with Crippen LogP contribution in [-0.4, -0.2) is 86.4 Å². The number of benzene rings is 1. The molecule has 228 valence electrons. The van der Waals surface area contributed by atoms with Gasteiger partial charge in [0.2, 0.25) is 17.5 Å². The summed E-state index contributed by atoms with van der Waals surface area (Å²) in [6, 6.07) is 9.79. The molecule has 4 aliphatic rings. The Kier molecular flexibility index (Phi) is 10.2. The van der Waals surface area contributed by atoms with Crippen LogP contribution in [0.4, 0.5) is 4.79 Å². The maximum Gasteiger partial charge on any atom is 0.409 e. The maximum absolute atomic E-state index is 12.8. The Hall–Kier alpha value is -2.24. The van der Waals surface area contributed by atoms with E-state index in [0.29, 0.717) is 31.3 Å². The van der Waals surface area contributed by atoms with Gasteiger partial charge in [-0.25, -0.2) is 4.79 Å². The van der Waals surface area contributed by atoms with Gasteiger partial charge in [-0.2, -0.15) is 9.78 Å². The van der Waals surface area contributed by atoms with Crippen molar-refractivity contribution >= 4 is 12.0 Å². The average molecular weight is 574 g/mol. The summed E-state index contributed by atoms with van der Waals surface area (Å²) >= 11 is 0. The molecule has 41 heavy (non-hydrogen) atoms. The Morgan fingerprint density at radius 2 is 1.90 bits per heavy atom. The molecule has 2 amide bonds. The molecule has 2 saturated carbocycles. The fourth-order valence-electron chi connectivity index (χ4n) is 6.90. The third kappa shape index (κ3) is 7.99. The highest BCUT2D eigenvalue weighted by Gasteiger charge is 2.59. The van der Waals surface area contributed by atoms with E-state index in [0.717, 1.165) is 64.1 Å². The van der Waals surface area contributed by atoms with Gasteiger partial charge < -0.3 is 24.4 Å². The van der Waals surface area contributed by atoms with Crippen LogP contribution in [0.15, 0.2) is 30.3 Å². The summed E-state index contributed by atoms with van der Waals surface area (Å²) in [5.41, 5.74) is 1.03. The number of amides is 2. The normalized spacial score (nSPS) is 31.6. The van der Waals surface area contributed by atoms with Crippen molar-refractivity contribution in [1.29, 1.82) is 0 Å². The van der Waals surface area contributed by atoms with E-state index in [9.17, 15) is 9.59 Å². The van der Waals surface area contributed by atoms with Gasteiger partial charge in [-0.3, -0.25) is 9.69 Å². The largest absolute Gasteiger partial charge is 0.449 e. The number of hydrogen-bond donors (Lipinski definition) is 1. The number of carbonyl (C=O) groups is 2. The highest BCUT2D eigenvalue weighted by atomic mass is 17.3. The van der Waals surface area contributed by atoms with Crippen LogP contribution in [0, 0.1) is 17.8 Å². The van der Waals surface area contributed by atoms with Gasteiger partial charge in [0.15, 0.2) is 0 Å². The molecule has 2 bridgehead atoms. The first-order chi connectivity index (χ1) is 19.8. The molecule has 5 rings (SSSR count). The van der Waals surface area contributed by atoms with Gasteiger partial charge in [0.1, 0.15) is 0 Å². The topological polar surface area (TPSA) is 98.8 Å². The summed E-state index contributed by atoms with van der Waals surface area (Å²) in [6.45, 7) is 7.48. The molecule has 0 aromatic heterocycles. The molecule has 2 aliphatic heterocycles. The molecule has 1 aromatic carbocycles. The molecule has 2 aliphatic carbocycles. The van der Waals surface area contributed by atoms with Crippen molar-refractivity contribution in [3.05, 3.63) is 35.9 Å². The van der Waals surface area contributed by atoms with Crippen LogP contribution in [-0.2, 0) is 35.3 Å². The van der Waals surface area contributed by atoms with Crippen molar-refractivity contribution in [2.24, 2.45) is 17.8 Å². The summed E-state index contributed by atoms with van der Waals surface area (Å²) in [4.78, 5) is 41.5. The highest BCUT2D eigenvalue weighted by molar-refractivity contribution is 5.75. The quantitative estimate of drug-likeness (QED) is 0.396. The van der Waals surface area contributed by atoms with Gasteiger partial charge in [0.25, 0.3) is 0 Å². The molecule has 5 atom stereocenters. The zero-order valence-corrected chi connectivity index (χ0v) is 24.7. The van der Waals surface area contributed by atoms with Crippen LogP contribution in [0.2, 0.25) is 0 Å². The lowest BCUT2D eigenvalue weighted by Gasteiger charge is -2.46. The summed E-state index contributed by atoms with van der Waals surface area (Å²) < 4.78 is 17.8. The monoisotopic (exact) mass is 573 g/mol. The third-order valence-electron chi connectivity index (χ3n) is 9.13. The van der Waals surface area contributed by atoms with Crippen molar-refractivity contribution in [2.75, 3.05) is 53.0 Å². The zero-order valence-electron chi connectivity index (χ0n) is 24.7. The fourth-order valence-corrected chi connectivity index (χ4v) is 6.90. The lowest BCUT2D eigenvalue weighted by Crippen LogP contribution is -2.49. The lowest BCUT2D eigenvalue weighted by atomic mass is 9.65. The highest BCUT2D eigenvalue weighted by Crippen LogP contribution is 2.54. The van der Waals surface area contributed by atoms with Crippen LogP contribution in [0.25, 0.3) is 0 Å². The van der Waals surface area contributed by atoms with Gasteiger partial charge in [-0.15, -0.1) is 0 Å². The Balaban J connectivity index is 1.16. The van der Waals surface area contributed by atoms with Crippen molar-refractivity contribution in [3.63, 3.8) is 0 Å². The van der Waals surface area contributed by atoms with Crippen LogP contribution in [0.1, 0.15) is 63.9 Å². The van der Waals surface area contributed by atoms with Crippen LogP contribution < -0.4 is 5.32 Å². The van der Waals surface area contributed by atoms with E-state index in [1.165, 1.54) is 6.42 Å². The second-order valence-corrected chi connectivity index (χ2v) is 12.4. The predicted octanol–water partition coefficient (Wildman–Crippen LogP) is 4.09.